The van der Waals surface area contributed by atoms with Gasteiger partial charge in [0, 0.05) is 12.1 Å². The summed E-state index contributed by atoms with van der Waals surface area (Å²) in [5.41, 5.74) is 11.5. The molecule has 3 atom stereocenters. The highest BCUT2D eigenvalue weighted by Gasteiger charge is 2.23. The predicted octanol–water partition coefficient (Wildman–Crippen LogP) is 3.05. The van der Waals surface area contributed by atoms with Gasteiger partial charge in [-0.3, -0.25) is 0 Å². The van der Waals surface area contributed by atoms with Gasteiger partial charge >= 0.3 is 0 Å². The summed E-state index contributed by atoms with van der Waals surface area (Å²) in [6.45, 7) is 4.58. The number of nitrogens with two attached hydrogens (primary N) is 2. The average Bonchev–Trinajstić information content (AvgIpc) is 2.28. The summed E-state index contributed by atoms with van der Waals surface area (Å²) in [7, 11) is 0. The Hall–Kier alpha value is -0.0800. The van der Waals surface area contributed by atoms with E-state index in [1.165, 1.54) is 51.4 Å². The zero-order valence-corrected chi connectivity index (χ0v) is 11.1. The normalized spacial score (nSPS) is 36.4. The van der Waals surface area contributed by atoms with Gasteiger partial charge in [-0.05, 0) is 31.1 Å². The highest BCUT2D eigenvalue weighted by molar-refractivity contribution is 4.78. The van der Waals surface area contributed by atoms with Gasteiger partial charge in [-0.1, -0.05) is 46.0 Å². The van der Waals surface area contributed by atoms with Crippen molar-refractivity contribution in [1.29, 1.82) is 0 Å². The largest absolute Gasteiger partial charge is 0.328 e. The van der Waals surface area contributed by atoms with Crippen molar-refractivity contribution < 1.29 is 0 Å². The van der Waals surface area contributed by atoms with Crippen molar-refractivity contribution in [3.05, 3.63) is 0 Å². The van der Waals surface area contributed by atoms with Crippen LogP contribution < -0.4 is 11.5 Å². The van der Waals surface area contributed by atoms with Crippen LogP contribution in [0.15, 0.2) is 0 Å². The third-order valence-corrected chi connectivity index (χ3v) is 4.42. The maximum Gasteiger partial charge on any atom is 0.00670 e. The Balaban J connectivity index is 0.000000165. The zero-order valence-electron chi connectivity index (χ0n) is 11.1. The fraction of sp³-hybridized carbons (Fsp3) is 1.00. The van der Waals surface area contributed by atoms with Crippen LogP contribution in [0.5, 0.6) is 0 Å². The third kappa shape index (κ3) is 4.84. The molecule has 0 amide bonds. The summed E-state index contributed by atoms with van der Waals surface area (Å²) < 4.78 is 0. The maximum absolute atomic E-state index is 5.87. The molecule has 2 nitrogen and oxygen atoms in total. The first-order valence-electron chi connectivity index (χ1n) is 7.12. The van der Waals surface area contributed by atoms with Crippen LogP contribution in [-0.4, -0.2) is 12.1 Å². The molecule has 0 aliphatic heterocycles. The van der Waals surface area contributed by atoms with Crippen LogP contribution >= 0.6 is 0 Å². The van der Waals surface area contributed by atoms with Gasteiger partial charge in [0.15, 0.2) is 0 Å². The van der Waals surface area contributed by atoms with Crippen molar-refractivity contribution in [1.82, 2.24) is 0 Å². The zero-order chi connectivity index (χ0) is 12.0. The summed E-state index contributed by atoms with van der Waals surface area (Å²) in [4.78, 5) is 0. The van der Waals surface area contributed by atoms with Crippen LogP contribution in [0, 0.1) is 11.8 Å². The Morgan fingerprint density at radius 1 is 0.750 bits per heavy atom. The van der Waals surface area contributed by atoms with E-state index in [1.54, 1.807) is 0 Å². The van der Waals surface area contributed by atoms with Crippen LogP contribution in [0.25, 0.3) is 0 Å². The number of hydrogen-bond donors (Lipinski definition) is 2. The Bertz CT molecular complexity index is 166. The summed E-state index contributed by atoms with van der Waals surface area (Å²) in [5.74, 6) is 1.60. The van der Waals surface area contributed by atoms with E-state index >= 15 is 0 Å². The Morgan fingerprint density at radius 3 is 1.75 bits per heavy atom. The lowest BCUT2D eigenvalue weighted by Crippen LogP contribution is -2.35. The van der Waals surface area contributed by atoms with Crippen molar-refractivity contribution in [3.63, 3.8) is 0 Å². The molecule has 0 saturated heterocycles. The molecule has 2 saturated carbocycles. The molecule has 0 heterocycles. The first-order chi connectivity index (χ1) is 7.61. The summed E-state index contributed by atoms with van der Waals surface area (Å²) in [6, 6.07) is 1.02. The molecule has 2 rings (SSSR count). The lowest BCUT2D eigenvalue weighted by atomic mass is 9.78. The van der Waals surface area contributed by atoms with E-state index in [4.69, 9.17) is 11.5 Å². The molecule has 0 bridgehead atoms. The molecule has 3 unspecified atom stereocenters. The van der Waals surface area contributed by atoms with E-state index in [2.05, 4.69) is 13.8 Å². The van der Waals surface area contributed by atoms with Crippen molar-refractivity contribution in [2.75, 3.05) is 0 Å². The van der Waals surface area contributed by atoms with E-state index in [0.29, 0.717) is 12.1 Å². The average molecular weight is 226 g/mol. The minimum atomic E-state index is 0.480. The monoisotopic (exact) mass is 226 g/mol. The van der Waals surface area contributed by atoms with E-state index in [0.717, 1.165) is 11.8 Å². The number of hydrogen-bond acceptors (Lipinski definition) is 2. The van der Waals surface area contributed by atoms with Crippen molar-refractivity contribution in [2.45, 2.75) is 77.3 Å². The molecule has 2 fully saturated rings. The molecule has 0 aromatic heterocycles. The standard InChI is InChI=1S/C8H17N.C6H13N/c1-6-4-3-5-8(9)7(6)2;7-6-4-2-1-3-5-6/h6-8H,3-5,9H2,1-2H3;6H,1-5,7H2. The Labute approximate surface area is 101 Å². The van der Waals surface area contributed by atoms with Gasteiger partial charge in [0.05, 0.1) is 0 Å². The Morgan fingerprint density at radius 2 is 1.38 bits per heavy atom. The highest BCUT2D eigenvalue weighted by atomic mass is 14.7. The third-order valence-electron chi connectivity index (χ3n) is 4.42. The lowest BCUT2D eigenvalue weighted by Gasteiger charge is -2.31. The predicted molar refractivity (Wildman–Crippen MR) is 71.2 cm³/mol. The molecule has 0 radical (unpaired) electrons. The highest BCUT2D eigenvalue weighted by Crippen LogP contribution is 2.27. The summed E-state index contributed by atoms with van der Waals surface area (Å²) in [6.07, 6.45) is 10.6. The maximum atomic E-state index is 5.87. The van der Waals surface area contributed by atoms with Crippen LogP contribution in [0.1, 0.15) is 65.2 Å². The quantitative estimate of drug-likeness (QED) is 0.667. The second kappa shape index (κ2) is 7.29. The molecular weight excluding hydrogens is 196 g/mol. The van der Waals surface area contributed by atoms with Gasteiger partial charge in [-0.2, -0.15) is 0 Å². The van der Waals surface area contributed by atoms with Gasteiger partial charge in [-0.25, -0.2) is 0 Å². The minimum Gasteiger partial charge on any atom is -0.328 e. The Kier molecular flexibility index (Phi) is 6.37. The van der Waals surface area contributed by atoms with Crippen molar-refractivity contribution in [2.24, 2.45) is 23.3 Å². The van der Waals surface area contributed by atoms with Gasteiger partial charge in [0.25, 0.3) is 0 Å². The lowest BCUT2D eigenvalue weighted by molar-refractivity contribution is 0.240. The van der Waals surface area contributed by atoms with Gasteiger partial charge in [0.1, 0.15) is 0 Å². The summed E-state index contributed by atoms with van der Waals surface area (Å²) >= 11 is 0. The SMILES string of the molecule is CC1CCCC(N)C1C.NC1CCCCC1. The second-order valence-electron chi connectivity index (χ2n) is 5.83. The van der Waals surface area contributed by atoms with E-state index in [9.17, 15) is 0 Å². The van der Waals surface area contributed by atoms with Gasteiger partial charge < -0.3 is 11.5 Å². The van der Waals surface area contributed by atoms with Crippen molar-refractivity contribution in [3.8, 4) is 0 Å². The molecule has 0 aromatic rings. The molecule has 2 heteroatoms. The molecule has 2 aliphatic rings. The molecule has 0 aromatic carbocycles. The molecule has 16 heavy (non-hydrogen) atoms. The van der Waals surface area contributed by atoms with Gasteiger partial charge in [0.2, 0.25) is 0 Å². The topological polar surface area (TPSA) is 52.0 Å². The molecule has 96 valence electrons. The van der Waals surface area contributed by atoms with E-state index in [-0.39, 0.29) is 0 Å². The second-order valence-corrected chi connectivity index (χ2v) is 5.83. The molecule has 2 aliphatic carbocycles. The van der Waals surface area contributed by atoms with Crippen LogP contribution in [0.3, 0.4) is 0 Å². The van der Waals surface area contributed by atoms with Crippen LogP contribution in [-0.2, 0) is 0 Å². The van der Waals surface area contributed by atoms with E-state index in [1.807, 2.05) is 0 Å². The van der Waals surface area contributed by atoms with Crippen molar-refractivity contribution >= 4 is 0 Å². The first-order valence-corrected chi connectivity index (χ1v) is 7.12. The fourth-order valence-corrected chi connectivity index (χ4v) is 2.76. The number of rotatable bonds is 0. The minimum absolute atomic E-state index is 0.480. The van der Waals surface area contributed by atoms with Crippen LogP contribution in [0.2, 0.25) is 0 Å². The van der Waals surface area contributed by atoms with Gasteiger partial charge in [-0.15, -0.1) is 0 Å². The molecular formula is C14H30N2. The summed E-state index contributed by atoms with van der Waals surface area (Å²) in [5, 5.41) is 0. The molecule has 4 N–H and O–H groups in total. The first kappa shape index (κ1) is 14.0. The fourth-order valence-electron chi connectivity index (χ4n) is 2.76. The molecule has 0 spiro atoms. The van der Waals surface area contributed by atoms with E-state index < -0.39 is 0 Å². The smallest absolute Gasteiger partial charge is 0.00670 e. The van der Waals surface area contributed by atoms with Crippen LogP contribution in [0.4, 0.5) is 0 Å².